The van der Waals surface area contributed by atoms with Gasteiger partial charge in [0.1, 0.15) is 11.6 Å². The Morgan fingerprint density at radius 2 is 1.84 bits per heavy atom. The van der Waals surface area contributed by atoms with Gasteiger partial charge in [0.2, 0.25) is 0 Å². The third kappa shape index (κ3) is 2.58. The van der Waals surface area contributed by atoms with E-state index in [0.717, 1.165) is 39.1 Å². The van der Waals surface area contributed by atoms with Crippen LogP contribution in [0.5, 0.6) is 0 Å². The summed E-state index contributed by atoms with van der Waals surface area (Å²) in [6.45, 7) is 0.227. The maximum absolute atomic E-state index is 13.6. The quantitative estimate of drug-likeness (QED) is 0.529. The number of benzene rings is 2. The Morgan fingerprint density at radius 1 is 1.08 bits per heavy atom. The van der Waals surface area contributed by atoms with E-state index >= 15 is 0 Å². The van der Waals surface area contributed by atoms with Gasteiger partial charge in [0.15, 0.2) is 0 Å². The van der Waals surface area contributed by atoms with Gasteiger partial charge in [0.25, 0.3) is 0 Å². The molecule has 0 radical (unpaired) electrons. The van der Waals surface area contributed by atoms with Gasteiger partial charge in [-0.2, -0.15) is 0 Å². The highest BCUT2D eigenvalue weighted by atomic mass is 35.5. The van der Waals surface area contributed by atoms with E-state index in [2.05, 4.69) is 4.98 Å². The predicted octanol–water partition coefficient (Wildman–Crippen LogP) is 4.81. The van der Waals surface area contributed by atoms with Gasteiger partial charge in [-0.1, -0.05) is 29.3 Å². The molecule has 0 atom stereocenters. The van der Waals surface area contributed by atoms with Gasteiger partial charge in [0.05, 0.1) is 5.69 Å². The van der Waals surface area contributed by atoms with Crippen LogP contribution in [0.3, 0.4) is 0 Å². The Kier molecular flexibility index (Phi) is 3.91. The van der Waals surface area contributed by atoms with E-state index in [4.69, 9.17) is 34.7 Å². The van der Waals surface area contributed by atoms with E-state index in [9.17, 15) is 4.39 Å². The Bertz CT molecular complexity index is 1020. The van der Waals surface area contributed by atoms with Crippen molar-refractivity contribution < 1.29 is 4.39 Å². The molecular formula is C19H14Cl2FN3. The number of halogens is 3. The number of pyridine rings is 1. The van der Waals surface area contributed by atoms with Crippen LogP contribution in [0.2, 0.25) is 10.0 Å². The lowest BCUT2D eigenvalue weighted by atomic mass is 9.93. The largest absolute Gasteiger partial charge is 0.383 e. The zero-order valence-electron chi connectivity index (χ0n) is 13.1. The van der Waals surface area contributed by atoms with Gasteiger partial charge in [-0.15, -0.1) is 0 Å². The van der Waals surface area contributed by atoms with Gasteiger partial charge >= 0.3 is 0 Å². The van der Waals surface area contributed by atoms with Crippen molar-refractivity contribution in [1.29, 1.82) is 0 Å². The molecule has 1 aliphatic carbocycles. The summed E-state index contributed by atoms with van der Waals surface area (Å²) < 4.78 is 13.6. The molecule has 4 N–H and O–H groups in total. The molecule has 1 heterocycles. The second kappa shape index (κ2) is 5.99. The van der Waals surface area contributed by atoms with Crippen LogP contribution in [0, 0.1) is 5.82 Å². The standard InChI is InChI=1S/C19H14Cl2FN3/c20-10-1-3-13(16(21)7-10)17-14-6-9-5-11(22)2-4-12(9)18(14)25-19(24)15(17)8-23/h1-5,7H,6,8,23H2,(H2,24,25). The minimum atomic E-state index is -0.273. The number of nitrogens with zero attached hydrogens (tertiary/aromatic N) is 1. The molecule has 126 valence electrons. The number of nitrogens with two attached hydrogens (primary N) is 2. The van der Waals surface area contributed by atoms with Crippen LogP contribution in [0.1, 0.15) is 16.7 Å². The molecule has 0 saturated carbocycles. The summed E-state index contributed by atoms with van der Waals surface area (Å²) in [7, 11) is 0. The molecule has 3 nitrogen and oxygen atoms in total. The average molecular weight is 374 g/mol. The number of nitrogen functional groups attached to an aromatic ring is 1. The van der Waals surface area contributed by atoms with Crippen molar-refractivity contribution >= 4 is 29.0 Å². The molecule has 1 aliphatic rings. The van der Waals surface area contributed by atoms with Crippen LogP contribution in [0.4, 0.5) is 10.2 Å². The van der Waals surface area contributed by atoms with Crippen molar-refractivity contribution in [3.05, 3.63) is 69.0 Å². The Hall–Kier alpha value is -2.14. The smallest absolute Gasteiger partial charge is 0.129 e. The van der Waals surface area contributed by atoms with Crippen molar-refractivity contribution in [3.63, 3.8) is 0 Å². The van der Waals surface area contributed by atoms with Crippen molar-refractivity contribution in [2.45, 2.75) is 13.0 Å². The number of anilines is 1. The van der Waals surface area contributed by atoms with Gasteiger partial charge in [-0.3, -0.25) is 0 Å². The molecule has 0 saturated heterocycles. The molecule has 0 bridgehead atoms. The fraction of sp³-hybridized carbons (Fsp3) is 0.105. The third-order valence-electron chi connectivity index (χ3n) is 4.53. The average Bonchev–Trinajstić information content (AvgIpc) is 2.91. The maximum atomic E-state index is 13.6. The van der Waals surface area contributed by atoms with Crippen molar-refractivity contribution in [2.24, 2.45) is 5.73 Å². The zero-order valence-corrected chi connectivity index (χ0v) is 14.6. The lowest BCUT2D eigenvalue weighted by molar-refractivity contribution is 0.626. The molecule has 1 aromatic heterocycles. The van der Waals surface area contributed by atoms with E-state index in [1.54, 1.807) is 18.2 Å². The first-order chi connectivity index (χ1) is 12.0. The lowest BCUT2D eigenvalue weighted by Gasteiger charge is -2.17. The SMILES string of the molecule is NCc1c(N)nc2c(c1-c1ccc(Cl)cc1Cl)Cc1cc(F)ccc1-2. The van der Waals surface area contributed by atoms with Crippen LogP contribution in [-0.4, -0.2) is 4.98 Å². The molecule has 0 fully saturated rings. The fourth-order valence-corrected chi connectivity index (χ4v) is 3.94. The van der Waals surface area contributed by atoms with E-state index < -0.39 is 0 Å². The van der Waals surface area contributed by atoms with Crippen LogP contribution in [0.25, 0.3) is 22.4 Å². The minimum Gasteiger partial charge on any atom is -0.383 e. The lowest BCUT2D eigenvalue weighted by Crippen LogP contribution is -2.09. The molecule has 4 rings (SSSR count). The molecule has 25 heavy (non-hydrogen) atoms. The van der Waals surface area contributed by atoms with Crippen LogP contribution in [0.15, 0.2) is 36.4 Å². The summed E-state index contributed by atoms with van der Waals surface area (Å²) in [5, 5.41) is 1.06. The first-order valence-corrected chi connectivity index (χ1v) is 8.50. The number of fused-ring (bicyclic) bond motifs is 3. The molecule has 3 aromatic rings. The summed E-state index contributed by atoms with van der Waals surface area (Å²) >= 11 is 12.5. The highest BCUT2D eigenvalue weighted by Crippen LogP contribution is 2.45. The molecule has 0 spiro atoms. The zero-order chi connectivity index (χ0) is 17.7. The Morgan fingerprint density at radius 3 is 2.56 bits per heavy atom. The molecule has 0 aliphatic heterocycles. The number of hydrogen-bond acceptors (Lipinski definition) is 3. The maximum Gasteiger partial charge on any atom is 0.129 e. The molecular weight excluding hydrogens is 360 g/mol. The molecule has 0 amide bonds. The Balaban J connectivity index is 2.04. The van der Waals surface area contributed by atoms with E-state index in [1.807, 2.05) is 6.07 Å². The number of rotatable bonds is 2. The summed E-state index contributed by atoms with van der Waals surface area (Å²) in [5.41, 5.74) is 18.0. The van der Waals surface area contributed by atoms with Gasteiger partial charge in [-0.05, 0) is 47.0 Å². The van der Waals surface area contributed by atoms with Crippen molar-refractivity contribution in [3.8, 4) is 22.4 Å². The van der Waals surface area contributed by atoms with Crippen LogP contribution in [-0.2, 0) is 13.0 Å². The number of hydrogen-bond donors (Lipinski definition) is 2. The monoisotopic (exact) mass is 373 g/mol. The summed E-state index contributed by atoms with van der Waals surface area (Å²) in [5.74, 6) is 0.0871. The van der Waals surface area contributed by atoms with E-state index in [-0.39, 0.29) is 12.4 Å². The molecule has 6 heteroatoms. The minimum absolute atomic E-state index is 0.227. The van der Waals surface area contributed by atoms with Crippen molar-refractivity contribution in [1.82, 2.24) is 4.98 Å². The van der Waals surface area contributed by atoms with E-state index in [1.165, 1.54) is 12.1 Å². The first kappa shape index (κ1) is 16.3. The van der Waals surface area contributed by atoms with Crippen LogP contribution >= 0.6 is 23.2 Å². The van der Waals surface area contributed by atoms with E-state index in [0.29, 0.717) is 22.3 Å². The second-order valence-corrected chi connectivity index (χ2v) is 6.83. The topological polar surface area (TPSA) is 64.9 Å². The number of aromatic nitrogens is 1. The summed E-state index contributed by atoms with van der Waals surface area (Å²) in [6.07, 6.45) is 0.553. The third-order valence-corrected chi connectivity index (χ3v) is 5.07. The predicted molar refractivity (Wildman–Crippen MR) is 100 cm³/mol. The fourth-order valence-electron chi connectivity index (χ4n) is 3.43. The highest BCUT2D eigenvalue weighted by Gasteiger charge is 2.28. The Labute approximate surface area is 154 Å². The normalized spacial score (nSPS) is 12.2. The highest BCUT2D eigenvalue weighted by molar-refractivity contribution is 6.36. The van der Waals surface area contributed by atoms with Crippen LogP contribution < -0.4 is 11.5 Å². The summed E-state index contributed by atoms with van der Waals surface area (Å²) in [4.78, 5) is 4.54. The van der Waals surface area contributed by atoms with Gasteiger partial charge < -0.3 is 11.5 Å². The first-order valence-electron chi connectivity index (χ1n) is 7.75. The second-order valence-electron chi connectivity index (χ2n) is 5.98. The van der Waals surface area contributed by atoms with Gasteiger partial charge in [0, 0.05) is 39.7 Å². The summed E-state index contributed by atoms with van der Waals surface area (Å²) in [6, 6.07) is 10.00. The van der Waals surface area contributed by atoms with Crippen molar-refractivity contribution in [2.75, 3.05) is 5.73 Å². The van der Waals surface area contributed by atoms with Gasteiger partial charge in [-0.25, -0.2) is 9.37 Å². The molecule has 2 aromatic carbocycles. The molecule has 0 unspecified atom stereocenters.